The number of likely N-dealkylation sites (tertiary alicyclic amines) is 1. The quantitative estimate of drug-likeness (QED) is 0.566. The van der Waals surface area contributed by atoms with E-state index in [1.165, 1.54) is 10.6 Å². The Labute approximate surface area is 161 Å². The minimum absolute atomic E-state index is 0.00738. The standard InChI is InChI=1S/C18H24N6O4/c1-19-15(25)12-22-9-6-13(7-10-22)11-21(2)17-16(24(27)28)18(26)23-8-4-3-5-14(23)20-17/h3-5,8,13H,6-7,9-12H2,1-2H3,(H,19,25). The van der Waals surface area contributed by atoms with Crippen LogP contribution in [0.3, 0.4) is 0 Å². The molecule has 1 N–H and O–H groups in total. The second-order valence-electron chi connectivity index (χ2n) is 7.05. The Kier molecular flexibility index (Phi) is 5.88. The van der Waals surface area contributed by atoms with E-state index in [0.29, 0.717) is 24.7 Å². The van der Waals surface area contributed by atoms with E-state index in [4.69, 9.17) is 0 Å². The van der Waals surface area contributed by atoms with E-state index in [-0.39, 0.29) is 11.7 Å². The number of anilines is 1. The lowest BCUT2D eigenvalue weighted by Crippen LogP contribution is -2.42. The number of hydrogen-bond acceptors (Lipinski definition) is 7. The minimum atomic E-state index is -0.683. The molecule has 0 aliphatic carbocycles. The Hall–Kier alpha value is -3.01. The Bertz CT molecular complexity index is 935. The molecule has 0 spiro atoms. The van der Waals surface area contributed by atoms with E-state index in [0.717, 1.165) is 25.9 Å². The van der Waals surface area contributed by atoms with E-state index >= 15 is 0 Å². The first-order valence-electron chi connectivity index (χ1n) is 9.20. The predicted octanol–water partition coefficient (Wildman–Crippen LogP) is 0.497. The first kappa shape index (κ1) is 19.7. The maximum atomic E-state index is 12.6. The van der Waals surface area contributed by atoms with Crippen LogP contribution in [0.25, 0.3) is 5.65 Å². The fraction of sp³-hybridized carbons (Fsp3) is 0.500. The van der Waals surface area contributed by atoms with Crippen LogP contribution in [0.1, 0.15) is 12.8 Å². The highest BCUT2D eigenvalue weighted by atomic mass is 16.6. The normalized spacial score (nSPS) is 15.5. The monoisotopic (exact) mass is 388 g/mol. The summed E-state index contributed by atoms with van der Waals surface area (Å²) in [7, 11) is 3.35. The largest absolute Gasteiger partial charge is 0.376 e. The molecule has 1 amide bonds. The van der Waals surface area contributed by atoms with Crippen LogP contribution >= 0.6 is 0 Å². The fourth-order valence-electron chi connectivity index (χ4n) is 3.58. The third-order valence-corrected chi connectivity index (χ3v) is 5.12. The molecule has 1 aliphatic rings. The van der Waals surface area contributed by atoms with Crippen LogP contribution < -0.4 is 15.8 Å². The average Bonchev–Trinajstić information content (AvgIpc) is 2.69. The van der Waals surface area contributed by atoms with Crippen molar-refractivity contribution in [3.05, 3.63) is 44.9 Å². The summed E-state index contributed by atoms with van der Waals surface area (Å²) in [6.45, 7) is 2.53. The molecule has 1 aliphatic heterocycles. The topological polar surface area (TPSA) is 113 Å². The highest BCUT2D eigenvalue weighted by molar-refractivity contribution is 5.77. The summed E-state index contributed by atoms with van der Waals surface area (Å²) >= 11 is 0. The van der Waals surface area contributed by atoms with E-state index in [1.54, 1.807) is 37.2 Å². The molecule has 0 unspecified atom stereocenters. The number of hydrogen-bond donors (Lipinski definition) is 1. The van der Waals surface area contributed by atoms with Gasteiger partial charge >= 0.3 is 11.2 Å². The summed E-state index contributed by atoms with van der Waals surface area (Å²) in [6, 6.07) is 5.02. The van der Waals surface area contributed by atoms with Gasteiger partial charge in [0.15, 0.2) is 0 Å². The number of likely N-dealkylation sites (N-methyl/N-ethyl adjacent to an activating group) is 1. The van der Waals surface area contributed by atoms with E-state index in [2.05, 4.69) is 15.2 Å². The molecule has 0 saturated carbocycles. The molecule has 3 heterocycles. The molecular weight excluding hydrogens is 364 g/mol. The second-order valence-corrected chi connectivity index (χ2v) is 7.05. The maximum Gasteiger partial charge on any atom is 0.376 e. The zero-order valence-corrected chi connectivity index (χ0v) is 16.0. The van der Waals surface area contributed by atoms with Crippen molar-refractivity contribution in [2.75, 3.05) is 45.2 Å². The number of nitrogens with one attached hydrogen (secondary N) is 1. The summed E-state index contributed by atoms with van der Waals surface area (Å²) in [5.41, 5.74) is -0.818. The van der Waals surface area contributed by atoms with Gasteiger partial charge in [-0.15, -0.1) is 0 Å². The molecule has 10 heteroatoms. The summed E-state index contributed by atoms with van der Waals surface area (Å²) in [6.07, 6.45) is 3.23. The second kappa shape index (κ2) is 8.34. The summed E-state index contributed by atoms with van der Waals surface area (Å²) in [5, 5.41) is 14.2. The highest BCUT2D eigenvalue weighted by Crippen LogP contribution is 2.25. The third kappa shape index (κ3) is 4.11. The Morgan fingerprint density at radius 1 is 1.39 bits per heavy atom. The number of nitro groups is 1. The summed E-state index contributed by atoms with van der Waals surface area (Å²) in [5.74, 6) is 0.391. The number of piperidine rings is 1. The molecule has 3 rings (SSSR count). The van der Waals surface area contributed by atoms with Gasteiger partial charge in [-0.1, -0.05) is 6.07 Å². The van der Waals surface area contributed by atoms with E-state index in [9.17, 15) is 19.7 Å². The molecule has 10 nitrogen and oxygen atoms in total. The number of pyridine rings is 1. The number of carbonyl (C=O) groups is 1. The van der Waals surface area contributed by atoms with Crippen LogP contribution in [0.5, 0.6) is 0 Å². The van der Waals surface area contributed by atoms with E-state index in [1.807, 2.05) is 0 Å². The number of rotatable bonds is 6. The number of amides is 1. The van der Waals surface area contributed by atoms with Crippen molar-refractivity contribution in [2.24, 2.45) is 5.92 Å². The summed E-state index contributed by atoms with van der Waals surface area (Å²) < 4.78 is 1.19. The van der Waals surface area contributed by atoms with Crippen molar-refractivity contribution in [1.82, 2.24) is 19.6 Å². The lowest BCUT2D eigenvalue weighted by Gasteiger charge is -2.33. The molecule has 0 aromatic carbocycles. The zero-order valence-electron chi connectivity index (χ0n) is 16.0. The van der Waals surface area contributed by atoms with Crippen LogP contribution in [0, 0.1) is 16.0 Å². The van der Waals surface area contributed by atoms with Gasteiger partial charge in [0.05, 0.1) is 11.5 Å². The van der Waals surface area contributed by atoms with Gasteiger partial charge in [0, 0.05) is 26.8 Å². The number of fused-ring (bicyclic) bond motifs is 1. The number of carbonyl (C=O) groups excluding carboxylic acids is 1. The first-order valence-corrected chi connectivity index (χ1v) is 9.20. The van der Waals surface area contributed by atoms with Gasteiger partial charge in [-0.3, -0.25) is 29.0 Å². The molecule has 0 radical (unpaired) electrons. The molecule has 2 aromatic heterocycles. The predicted molar refractivity (Wildman–Crippen MR) is 105 cm³/mol. The van der Waals surface area contributed by atoms with Crippen molar-refractivity contribution >= 4 is 23.1 Å². The van der Waals surface area contributed by atoms with Crippen molar-refractivity contribution in [3.8, 4) is 0 Å². The molecule has 28 heavy (non-hydrogen) atoms. The third-order valence-electron chi connectivity index (χ3n) is 5.12. The molecular formula is C18H24N6O4. The van der Waals surface area contributed by atoms with Gasteiger partial charge in [-0.2, -0.15) is 0 Å². The highest BCUT2D eigenvalue weighted by Gasteiger charge is 2.28. The van der Waals surface area contributed by atoms with Gasteiger partial charge < -0.3 is 10.2 Å². The molecule has 1 saturated heterocycles. The van der Waals surface area contributed by atoms with Crippen molar-refractivity contribution in [2.45, 2.75) is 12.8 Å². The SMILES string of the molecule is CNC(=O)CN1CCC(CN(C)c2nc3ccccn3c(=O)c2[N+](=O)[O-])CC1. The van der Waals surface area contributed by atoms with Gasteiger partial charge in [-0.25, -0.2) is 4.98 Å². The lowest BCUT2D eigenvalue weighted by molar-refractivity contribution is -0.385. The molecule has 150 valence electrons. The zero-order chi connectivity index (χ0) is 20.3. The van der Waals surface area contributed by atoms with Crippen LogP contribution in [-0.4, -0.2) is 65.4 Å². The van der Waals surface area contributed by atoms with Crippen molar-refractivity contribution in [1.29, 1.82) is 0 Å². The Morgan fingerprint density at radius 2 is 2.11 bits per heavy atom. The van der Waals surface area contributed by atoms with Crippen molar-refractivity contribution in [3.63, 3.8) is 0 Å². The molecule has 2 aromatic rings. The molecule has 0 bridgehead atoms. The Balaban J connectivity index is 1.76. The molecule has 1 fully saturated rings. The minimum Gasteiger partial charge on any atom is -0.358 e. The number of aromatic nitrogens is 2. The van der Waals surface area contributed by atoms with E-state index < -0.39 is 16.2 Å². The Morgan fingerprint density at radius 3 is 2.75 bits per heavy atom. The van der Waals surface area contributed by atoms with Gasteiger partial charge in [0.1, 0.15) is 5.65 Å². The maximum absolute atomic E-state index is 12.6. The van der Waals surface area contributed by atoms with Gasteiger partial charge in [-0.05, 0) is 44.0 Å². The number of nitrogens with zero attached hydrogens (tertiary/aromatic N) is 5. The first-order chi connectivity index (χ1) is 13.4. The van der Waals surface area contributed by atoms with Gasteiger partial charge in [0.2, 0.25) is 11.7 Å². The fourth-order valence-corrected chi connectivity index (χ4v) is 3.58. The lowest BCUT2D eigenvalue weighted by atomic mass is 9.96. The van der Waals surface area contributed by atoms with Crippen LogP contribution in [0.2, 0.25) is 0 Å². The van der Waals surface area contributed by atoms with Gasteiger partial charge in [0.25, 0.3) is 0 Å². The smallest absolute Gasteiger partial charge is 0.358 e. The van der Waals surface area contributed by atoms with Crippen LogP contribution in [-0.2, 0) is 4.79 Å². The summed E-state index contributed by atoms with van der Waals surface area (Å²) in [4.78, 5) is 43.1. The van der Waals surface area contributed by atoms with Crippen molar-refractivity contribution < 1.29 is 9.72 Å². The average molecular weight is 388 g/mol. The van der Waals surface area contributed by atoms with Crippen LogP contribution in [0.4, 0.5) is 11.5 Å². The van der Waals surface area contributed by atoms with Crippen LogP contribution in [0.15, 0.2) is 29.2 Å². The molecule has 0 atom stereocenters.